The Morgan fingerprint density at radius 3 is 2.74 bits per heavy atom. The minimum atomic E-state index is -0.499. The molecule has 1 unspecified atom stereocenters. The Balaban J connectivity index is 1.81. The summed E-state index contributed by atoms with van der Waals surface area (Å²) in [6, 6.07) is 6.64. The number of carbonyl (C=O) groups is 1. The van der Waals surface area contributed by atoms with Gasteiger partial charge in [-0.2, -0.15) is 5.10 Å². The van der Waals surface area contributed by atoms with Crippen molar-refractivity contribution in [1.29, 1.82) is 0 Å². The second-order valence-corrected chi connectivity index (χ2v) is 7.35. The standard InChI is InChI=1S/C17H19BrN4O/c18-14-15(17(20)23)21-22(16(14)9-1-2-9)13-6-4-10-7-12(19)5-3-11(10)8-13/h4,6,8-9,12H,1-3,5,7,19H2,(H2,20,23). The Morgan fingerprint density at radius 2 is 2.04 bits per heavy atom. The van der Waals surface area contributed by atoms with E-state index in [1.165, 1.54) is 11.1 Å². The topological polar surface area (TPSA) is 86.9 Å². The van der Waals surface area contributed by atoms with E-state index in [2.05, 4.69) is 39.2 Å². The Kier molecular flexibility index (Phi) is 3.54. The monoisotopic (exact) mass is 374 g/mol. The lowest BCUT2D eigenvalue weighted by molar-refractivity contribution is 0.0994. The van der Waals surface area contributed by atoms with Crippen molar-refractivity contribution >= 4 is 21.8 Å². The molecule has 23 heavy (non-hydrogen) atoms. The van der Waals surface area contributed by atoms with Crippen LogP contribution in [0.1, 0.15) is 52.5 Å². The Hall–Kier alpha value is -1.66. The number of fused-ring (bicyclic) bond motifs is 1. The molecule has 1 heterocycles. The normalized spacial score (nSPS) is 20.3. The number of nitrogens with zero attached hydrogens (tertiary/aromatic N) is 2. The van der Waals surface area contributed by atoms with Crippen molar-refractivity contribution in [2.75, 3.05) is 0 Å². The van der Waals surface area contributed by atoms with Crippen LogP contribution >= 0.6 is 15.9 Å². The molecule has 4 rings (SSSR count). The first-order chi connectivity index (χ1) is 11.0. The largest absolute Gasteiger partial charge is 0.364 e. The van der Waals surface area contributed by atoms with Crippen molar-refractivity contribution in [3.63, 3.8) is 0 Å². The summed E-state index contributed by atoms with van der Waals surface area (Å²) in [4.78, 5) is 11.6. The number of carbonyl (C=O) groups excluding carboxylic acids is 1. The van der Waals surface area contributed by atoms with Crippen molar-refractivity contribution < 1.29 is 4.79 Å². The van der Waals surface area contributed by atoms with Crippen LogP contribution in [0.5, 0.6) is 0 Å². The minimum absolute atomic E-state index is 0.260. The molecule has 6 heteroatoms. The first-order valence-corrected chi connectivity index (χ1v) is 8.80. The molecule has 2 aromatic rings. The molecule has 120 valence electrons. The molecule has 0 bridgehead atoms. The lowest BCUT2D eigenvalue weighted by Gasteiger charge is -2.22. The second kappa shape index (κ2) is 5.46. The number of halogens is 1. The fraction of sp³-hybridized carbons (Fsp3) is 0.412. The highest BCUT2D eigenvalue weighted by molar-refractivity contribution is 9.10. The number of hydrogen-bond acceptors (Lipinski definition) is 3. The van der Waals surface area contributed by atoms with Crippen LogP contribution in [0.25, 0.3) is 5.69 Å². The predicted octanol–water partition coefficient (Wildman–Crippen LogP) is 2.43. The maximum Gasteiger partial charge on any atom is 0.270 e. The predicted molar refractivity (Wildman–Crippen MR) is 91.8 cm³/mol. The van der Waals surface area contributed by atoms with E-state index in [0.717, 1.165) is 48.0 Å². The molecule has 0 radical (unpaired) electrons. The fourth-order valence-corrected chi connectivity index (χ4v) is 4.14. The van der Waals surface area contributed by atoms with Gasteiger partial charge in [-0.1, -0.05) is 6.07 Å². The van der Waals surface area contributed by atoms with Gasteiger partial charge < -0.3 is 11.5 Å². The molecule has 0 aliphatic heterocycles. The highest BCUT2D eigenvalue weighted by atomic mass is 79.9. The quantitative estimate of drug-likeness (QED) is 0.864. The molecule has 1 aromatic carbocycles. The van der Waals surface area contributed by atoms with E-state index < -0.39 is 5.91 Å². The highest BCUT2D eigenvalue weighted by Gasteiger charge is 2.33. The summed E-state index contributed by atoms with van der Waals surface area (Å²) in [5.74, 6) is -0.0455. The zero-order valence-electron chi connectivity index (χ0n) is 12.8. The third-order valence-electron chi connectivity index (χ3n) is 4.76. The molecule has 1 fully saturated rings. The van der Waals surface area contributed by atoms with E-state index in [4.69, 9.17) is 11.5 Å². The molecule has 0 saturated heterocycles. The smallest absolute Gasteiger partial charge is 0.270 e. The summed E-state index contributed by atoms with van der Waals surface area (Å²) in [7, 11) is 0. The number of amides is 1. The third kappa shape index (κ3) is 2.60. The number of benzene rings is 1. The molecule has 0 spiro atoms. The molecule has 1 amide bonds. The van der Waals surface area contributed by atoms with Gasteiger partial charge in [0.25, 0.3) is 5.91 Å². The minimum Gasteiger partial charge on any atom is -0.364 e. The first kappa shape index (κ1) is 14.9. The van der Waals surface area contributed by atoms with Gasteiger partial charge in [0.05, 0.1) is 15.9 Å². The van der Waals surface area contributed by atoms with Crippen LogP contribution in [-0.4, -0.2) is 21.7 Å². The molecular weight excluding hydrogens is 356 g/mol. The van der Waals surface area contributed by atoms with E-state index in [-0.39, 0.29) is 6.04 Å². The van der Waals surface area contributed by atoms with Gasteiger partial charge in [0, 0.05) is 12.0 Å². The number of primary amides is 1. The van der Waals surface area contributed by atoms with Crippen molar-refractivity contribution in [2.45, 2.75) is 44.1 Å². The molecular formula is C17H19BrN4O. The van der Waals surface area contributed by atoms with Crippen molar-refractivity contribution in [1.82, 2.24) is 9.78 Å². The number of aromatic nitrogens is 2. The number of aryl methyl sites for hydroxylation is 1. The van der Waals surface area contributed by atoms with Crippen LogP contribution < -0.4 is 11.5 Å². The maximum absolute atomic E-state index is 11.6. The van der Waals surface area contributed by atoms with E-state index >= 15 is 0 Å². The van der Waals surface area contributed by atoms with Gasteiger partial charge in [0.2, 0.25) is 0 Å². The molecule has 4 N–H and O–H groups in total. The van der Waals surface area contributed by atoms with Gasteiger partial charge in [-0.05, 0) is 71.3 Å². The van der Waals surface area contributed by atoms with Gasteiger partial charge in [0.15, 0.2) is 5.69 Å². The summed E-state index contributed by atoms with van der Waals surface area (Å²) in [6.07, 6.45) is 5.19. The zero-order chi connectivity index (χ0) is 16.1. The van der Waals surface area contributed by atoms with Crippen molar-refractivity contribution in [2.24, 2.45) is 11.5 Å². The van der Waals surface area contributed by atoms with Crippen LogP contribution in [0.15, 0.2) is 22.7 Å². The van der Waals surface area contributed by atoms with Gasteiger partial charge in [-0.3, -0.25) is 4.79 Å². The van der Waals surface area contributed by atoms with Crippen molar-refractivity contribution in [3.8, 4) is 5.69 Å². The van der Waals surface area contributed by atoms with Gasteiger partial charge >= 0.3 is 0 Å². The van der Waals surface area contributed by atoms with Crippen LogP contribution in [0.4, 0.5) is 0 Å². The number of nitrogens with two attached hydrogens (primary N) is 2. The Bertz CT molecular complexity index is 794. The van der Waals surface area contributed by atoms with Crippen molar-refractivity contribution in [3.05, 3.63) is 45.2 Å². The second-order valence-electron chi connectivity index (χ2n) is 6.55. The van der Waals surface area contributed by atoms with Crippen LogP contribution in [0.2, 0.25) is 0 Å². The summed E-state index contributed by atoms with van der Waals surface area (Å²) >= 11 is 3.52. The molecule has 1 aromatic heterocycles. The Morgan fingerprint density at radius 1 is 1.26 bits per heavy atom. The molecule has 2 aliphatic rings. The summed E-state index contributed by atoms with van der Waals surface area (Å²) in [5.41, 5.74) is 16.5. The fourth-order valence-electron chi connectivity index (χ4n) is 3.38. The van der Waals surface area contributed by atoms with Crippen LogP contribution in [-0.2, 0) is 12.8 Å². The van der Waals surface area contributed by atoms with Gasteiger partial charge in [0.1, 0.15) is 0 Å². The third-order valence-corrected chi connectivity index (χ3v) is 5.54. The van der Waals surface area contributed by atoms with E-state index in [9.17, 15) is 4.79 Å². The molecule has 5 nitrogen and oxygen atoms in total. The zero-order valence-corrected chi connectivity index (χ0v) is 14.3. The van der Waals surface area contributed by atoms with Gasteiger partial charge in [-0.25, -0.2) is 4.68 Å². The average molecular weight is 375 g/mol. The average Bonchev–Trinajstić information content (AvgIpc) is 3.29. The molecule has 2 aliphatic carbocycles. The number of hydrogen-bond donors (Lipinski definition) is 2. The summed E-state index contributed by atoms with van der Waals surface area (Å²) in [5, 5.41) is 4.48. The van der Waals surface area contributed by atoms with E-state index in [1.807, 2.05) is 4.68 Å². The van der Waals surface area contributed by atoms with Gasteiger partial charge in [-0.15, -0.1) is 0 Å². The molecule has 1 atom stereocenters. The Labute approximate surface area is 143 Å². The number of rotatable bonds is 3. The highest BCUT2D eigenvalue weighted by Crippen LogP contribution is 2.45. The molecule has 1 saturated carbocycles. The first-order valence-electron chi connectivity index (χ1n) is 8.00. The van der Waals surface area contributed by atoms with Crippen LogP contribution in [0.3, 0.4) is 0 Å². The lowest BCUT2D eigenvalue weighted by atomic mass is 9.88. The summed E-state index contributed by atoms with van der Waals surface area (Å²) in [6.45, 7) is 0. The summed E-state index contributed by atoms with van der Waals surface area (Å²) < 4.78 is 2.63. The maximum atomic E-state index is 11.6. The van der Waals surface area contributed by atoms with E-state index in [0.29, 0.717) is 11.6 Å². The van der Waals surface area contributed by atoms with Crippen LogP contribution in [0, 0.1) is 0 Å². The lowest BCUT2D eigenvalue weighted by Crippen LogP contribution is -2.27. The van der Waals surface area contributed by atoms with E-state index in [1.54, 1.807) is 0 Å². The SMILES string of the molecule is NC(=O)c1nn(-c2ccc3c(c2)CCC(N)C3)c(C2CC2)c1Br.